The first-order valence-electron chi connectivity index (χ1n) is 8.76. The molecule has 0 aromatic heterocycles. The first kappa shape index (κ1) is 16.3. The van der Waals surface area contributed by atoms with Crippen LogP contribution in [-0.2, 0) is 9.53 Å². The van der Waals surface area contributed by atoms with Gasteiger partial charge in [-0.05, 0) is 49.7 Å². The van der Waals surface area contributed by atoms with Crippen molar-refractivity contribution >= 4 is 5.97 Å². The van der Waals surface area contributed by atoms with Gasteiger partial charge in [0, 0.05) is 0 Å². The second-order valence-electron chi connectivity index (χ2n) is 6.74. The van der Waals surface area contributed by atoms with Crippen molar-refractivity contribution in [2.75, 3.05) is 0 Å². The third kappa shape index (κ3) is 5.33. The molecule has 2 heteroatoms. The summed E-state index contributed by atoms with van der Waals surface area (Å²) in [5.41, 5.74) is 0. The molecule has 2 nitrogen and oxygen atoms in total. The van der Waals surface area contributed by atoms with E-state index in [0.29, 0.717) is 5.92 Å². The zero-order chi connectivity index (χ0) is 15.1. The number of rotatable bonds is 6. The predicted octanol–water partition coefficient (Wildman–Crippen LogP) is 5.05. The molecular formula is C19H30O2. The molecule has 0 atom stereocenters. The lowest BCUT2D eigenvalue weighted by atomic mass is 9.80. The van der Waals surface area contributed by atoms with Gasteiger partial charge >= 0.3 is 5.97 Å². The van der Waals surface area contributed by atoms with Crippen molar-refractivity contribution in [3.63, 3.8) is 0 Å². The average molecular weight is 290 g/mol. The molecule has 0 saturated heterocycles. The van der Waals surface area contributed by atoms with E-state index in [1.807, 2.05) is 12.2 Å². The Labute approximate surface area is 129 Å². The molecule has 1 saturated carbocycles. The van der Waals surface area contributed by atoms with Crippen LogP contribution in [0.1, 0.15) is 65.2 Å². The van der Waals surface area contributed by atoms with E-state index in [-0.39, 0.29) is 18.0 Å². The number of allylic oxidation sites excluding steroid dienone is 2. The average Bonchev–Trinajstić information content (AvgIpc) is 2.50. The van der Waals surface area contributed by atoms with Gasteiger partial charge < -0.3 is 4.74 Å². The smallest absolute Gasteiger partial charge is 0.309 e. The van der Waals surface area contributed by atoms with Gasteiger partial charge in [-0.25, -0.2) is 0 Å². The van der Waals surface area contributed by atoms with Gasteiger partial charge in [-0.2, -0.15) is 0 Å². The molecular weight excluding hydrogens is 260 g/mol. The Morgan fingerprint density at radius 2 is 1.71 bits per heavy atom. The molecule has 2 aliphatic rings. The summed E-state index contributed by atoms with van der Waals surface area (Å²) in [5, 5.41) is 0. The fourth-order valence-electron chi connectivity index (χ4n) is 3.38. The van der Waals surface area contributed by atoms with E-state index < -0.39 is 0 Å². The SMILES string of the molecule is CCCCCC1CCC(C(=O)OC2C=CC(C)C=C2)CC1. The molecule has 118 valence electrons. The zero-order valence-electron chi connectivity index (χ0n) is 13.6. The van der Waals surface area contributed by atoms with Crippen molar-refractivity contribution < 1.29 is 9.53 Å². The molecule has 0 N–H and O–H groups in total. The quantitative estimate of drug-likeness (QED) is 0.389. The van der Waals surface area contributed by atoms with Crippen molar-refractivity contribution in [1.29, 1.82) is 0 Å². The molecule has 0 heterocycles. The highest BCUT2D eigenvalue weighted by atomic mass is 16.5. The van der Waals surface area contributed by atoms with Gasteiger partial charge in [0.15, 0.2) is 0 Å². The van der Waals surface area contributed by atoms with Gasteiger partial charge in [0.25, 0.3) is 0 Å². The van der Waals surface area contributed by atoms with Crippen molar-refractivity contribution in [2.24, 2.45) is 17.8 Å². The third-order valence-electron chi connectivity index (χ3n) is 4.86. The fraction of sp³-hybridized carbons (Fsp3) is 0.737. The van der Waals surface area contributed by atoms with Gasteiger partial charge in [0.2, 0.25) is 0 Å². The summed E-state index contributed by atoms with van der Waals surface area (Å²) in [7, 11) is 0. The summed E-state index contributed by atoms with van der Waals surface area (Å²) in [6.07, 6.45) is 17.8. The van der Waals surface area contributed by atoms with Crippen LogP contribution in [0.25, 0.3) is 0 Å². The van der Waals surface area contributed by atoms with Crippen molar-refractivity contribution in [3.05, 3.63) is 24.3 Å². The Bertz CT molecular complexity index is 361. The van der Waals surface area contributed by atoms with Crippen LogP contribution in [0.5, 0.6) is 0 Å². The largest absolute Gasteiger partial charge is 0.454 e. The van der Waals surface area contributed by atoms with Crippen molar-refractivity contribution in [3.8, 4) is 0 Å². The minimum Gasteiger partial charge on any atom is -0.454 e. The zero-order valence-corrected chi connectivity index (χ0v) is 13.6. The van der Waals surface area contributed by atoms with Gasteiger partial charge in [-0.15, -0.1) is 0 Å². The van der Waals surface area contributed by atoms with E-state index >= 15 is 0 Å². The molecule has 0 aromatic carbocycles. The van der Waals surface area contributed by atoms with E-state index in [9.17, 15) is 4.79 Å². The Morgan fingerprint density at radius 3 is 2.33 bits per heavy atom. The van der Waals surface area contributed by atoms with Crippen LogP contribution in [0.15, 0.2) is 24.3 Å². The molecule has 1 fully saturated rings. The number of hydrogen-bond donors (Lipinski definition) is 0. The lowest BCUT2D eigenvalue weighted by molar-refractivity contribution is -0.151. The summed E-state index contributed by atoms with van der Waals surface area (Å²) in [6, 6.07) is 0. The molecule has 0 aromatic rings. The van der Waals surface area contributed by atoms with Crippen LogP contribution in [0.2, 0.25) is 0 Å². The summed E-state index contributed by atoms with van der Waals surface area (Å²) in [4.78, 5) is 12.2. The topological polar surface area (TPSA) is 26.3 Å². The third-order valence-corrected chi connectivity index (χ3v) is 4.86. The van der Waals surface area contributed by atoms with Gasteiger partial charge in [0.1, 0.15) is 6.10 Å². The van der Waals surface area contributed by atoms with Crippen LogP contribution in [0, 0.1) is 17.8 Å². The maximum absolute atomic E-state index is 12.2. The molecule has 0 radical (unpaired) electrons. The second-order valence-corrected chi connectivity index (χ2v) is 6.74. The van der Waals surface area contributed by atoms with Crippen LogP contribution >= 0.6 is 0 Å². The summed E-state index contributed by atoms with van der Waals surface area (Å²) >= 11 is 0. The lowest BCUT2D eigenvalue weighted by Crippen LogP contribution is -2.27. The molecule has 0 bridgehead atoms. The molecule has 2 aliphatic carbocycles. The second kappa shape index (κ2) is 8.41. The van der Waals surface area contributed by atoms with Gasteiger partial charge in [-0.3, -0.25) is 4.79 Å². The first-order valence-corrected chi connectivity index (χ1v) is 8.76. The van der Waals surface area contributed by atoms with E-state index in [0.717, 1.165) is 18.8 Å². The highest BCUT2D eigenvalue weighted by Gasteiger charge is 2.28. The maximum atomic E-state index is 12.2. The molecule has 0 unspecified atom stereocenters. The number of esters is 1. The number of unbranched alkanes of at least 4 members (excludes halogenated alkanes) is 2. The van der Waals surface area contributed by atoms with Gasteiger partial charge in [-0.1, -0.05) is 51.7 Å². The van der Waals surface area contributed by atoms with Crippen molar-refractivity contribution in [1.82, 2.24) is 0 Å². The Morgan fingerprint density at radius 1 is 1.05 bits per heavy atom. The first-order chi connectivity index (χ1) is 10.2. The van der Waals surface area contributed by atoms with E-state index in [2.05, 4.69) is 26.0 Å². The fourth-order valence-corrected chi connectivity index (χ4v) is 3.38. The van der Waals surface area contributed by atoms with Crippen LogP contribution in [0.3, 0.4) is 0 Å². The Hall–Kier alpha value is -1.05. The summed E-state index contributed by atoms with van der Waals surface area (Å²) < 4.78 is 5.60. The summed E-state index contributed by atoms with van der Waals surface area (Å²) in [5.74, 6) is 1.44. The molecule has 21 heavy (non-hydrogen) atoms. The predicted molar refractivity (Wildman–Crippen MR) is 86.9 cm³/mol. The van der Waals surface area contributed by atoms with Crippen molar-refractivity contribution in [2.45, 2.75) is 71.3 Å². The van der Waals surface area contributed by atoms with Crippen LogP contribution < -0.4 is 0 Å². The normalized spacial score (nSPS) is 32.1. The van der Waals surface area contributed by atoms with E-state index in [1.165, 1.54) is 38.5 Å². The molecule has 0 spiro atoms. The highest BCUT2D eigenvalue weighted by Crippen LogP contribution is 2.33. The highest BCUT2D eigenvalue weighted by molar-refractivity contribution is 5.73. The number of carbonyl (C=O) groups is 1. The monoisotopic (exact) mass is 290 g/mol. The minimum absolute atomic E-state index is 0.0101. The minimum atomic E-state index is -0.143. The lowest BCUT2D eigenvalue weighted by Gasteiger charge is -2.28. The van der Waals surface area contributed by atoms with E-state index in [1.54, 1.807) is 0 Å². The maximum Gasteiger partial charge on any atom is 0.309 e. The van der Waals surface area contributed by atoms with Crippen LogP contribution in [-0.4, -0.2) is 12.1 Å². The standard InChI is InChI=1S/C19H30O2/c1-3-4-5-6-16-9-11-17(12-10-16)19(20)21-18-13-7-15(2)8-14-18/h7-8,13-18H,3-6,9-12H2,1-2H3. The Kier molecular flexibility index (Phi) is 6.53. The number of ether oxygens (including phenoxy) is 1. The Balaban J connectivity index is 1.68. The molecule has 0 aliphatic heterocycles. The van der Waals surface area contributed by atoms with Gasteiger partial charge in [0.05, 0.1) is 5.92 Å². The van der Waals surface area contributed by atoms with E-state index in [4.69, 9.17) is 4.74 Å². The molecule has 0 amide bonds. The number of hydrogen-bond acceptors (Lipinski definition) is 2. The number of carbonyl (C=O) groups excluding carboxylic acids is 1. The molecule has 2 rings (SSSR count). The summed E-state index contributed by atoms with van der Waals surface area (Å²) in [6.45, 7) is 4.38. The van der Waals surface area contributed by atoms with Crippen LogP contribution in [0.4, 0.5) is 0 Å².